The van der Waals surface area contributed by atoms with Crippen molar-refractivity contribution in [2.45, 2.75) is 92.4 Å². The Hall–Kier alpha value is -1.70. The van der Waals surface area contributed by atoms with Crippen molar-refractivity contribution < 1.29 is 14.0 Å². The van der Waals surface area contributed by atoms with Crippen LogP contribution in [0, 0.1) is 13.8 Å². The normalized spacial score (nSPS) is 11.5. The third-order valence-electron chi connectivity index (χ3n) is 6.29. The molecule has 0 aliphatic rings. The lowest BCUT2D eigenvalue weighted by Gasteiger charge is -2.10. The number of benzene rings is 2. The van der Waals surface area contributed by atoms with Gasteiger partial charge in [-0.15, -0.1) is 0 Å². The number of rotatable bonds is 15. The van der Waals surface area contributed by atoms with E-state index < -0.39 is 7.76 Å². The summed E-state index contributed by atoms with van der Waals surface area (Å²) in [6.45, 7) is 13.4. The van der Waals surface area contributed by atoms with Gasteiger partial charge in [-0.05, 0) is 79.3 Å². The molecule has 0 amide bonds. The molecule has 33 heavy (non-hydrogen) atoms. The number of ether oxygens (including phenoxy) is 2. The van der Waals surface area contributed by atoms with Crippen LogP contribution in [0.25, 0.3) is 21.0 Å². The lowest BCUT2D eigenvalue weighted by atomic mass is 10.1. The van der Waals surface area contributed by atoms with Crippen LogP contribution in [0.1, 0.15) is 89.7 Å². The summed E-state index contributed by atoms with van der Waals surface area (Å²) in [6, 6.07) is 9.13. The summed E-state index contributed by atoms with van der Waals surface area (Å²) in [7, 11) is -0.799. The molecule has 0 saturated carbocycles. The maximum atomic E-state index is 6.56. The van der Waals surface area contributed by atoms with Gasteiger partial charge in [-0.25, -0.2) is 0 Å². The highest BCUT2D eigenvalue weighted by Crippen LogP contribution is 2.50. The Morgan fingerprint density at radius 1 is 0.576 bits per heavy atom. The van der Waals surface area contributed by atoms with Gasteiger partial charge < -0.3 is 14.0 Å². The van der Waals surface area contributed by atoms with Gasteiger partial charge in [0.05, 0.1) is 19.8 Å². The standard InChI is InChI=1S/C29H43O3P/c1-6-9-12-15-30-26-20-24-25-21-27(31-16-13-10-7-2)23(5)19-29(25)33(28(24)18-22(26)4)32-17-14-11-8-3/h18-21H,6-17H2,1-5H3. The molecule has 0 unspecified atom stereocenters. The van der Waals surface area contributed by atoms with Crippen molar-refractivity contribution in [3.8, 4) is 11.5 Å². The third kappa shape index (κ3) is 6.67. The molecule has 182 valence electrons. The van der Waals surface area contributed by atoms with Crippen LogP contribution in [-0.2, 0) is 0 Å². The maximum Gasteiger partial charge on any atom is 0.122 e. The van der Waals surface area contributed by atoms with Crippen LogP contribution in [0.3, 0.4) is 0 Å². The zero-order valence-electron chi connectivity index (χ0n) is 21.5. The number of hydrogen-bond acceptors (Lipinski definition) is 3. The highest BCUT2D eigenvalue weighted by atomic mass is 31.1. The molecule has 0 fully saturated rings. The van der Waals surface area contributed by atoms with Gasteiger partial charge in [0.15, 0.2) is 0 Å². The van der Waals surface area contributed by atoms with Crippen molar-refractivity contribution in [2.75, 3.05) is 19.8 Å². The summed E-state index contributed by atoms with van der Waals surface area (Å²) >= 11 is 0. The molecule has 3 aromatic rings. The molecule has 3 nitrogen and oxygen atoms in total. The zero-order valence-corrected chi connectivity index (χ0v) is 22.4. The monoisotopic (exact) mass is 470 g/mol. The van der Waals surface area contributed by atoms with E-state index in [0.29, 0.717) is 0 Å². The second-order valence-electron chi connectivity index (χ2n) is 9.22. The fraction of sp³-hybridized carbons (Fsp3) is 0.586. The van der Waals surface area contributed by atoms with Gasteiger partial charge in [-0.2, -0.15) is 0 Å². The molecule has 0 spiro atoms. The number of fused-ring (bicyclic) bond motifs is 3. The van der Waals surface area contributed by atoms with E-state index >= 15 is 0 Å². The topological polar surface area (TPSA) is 27.7 Å². The summed E-state index contributed by atoms with van der Waals surface area (Å²) in [5.74, 6) is 2.01. The molecule has 0 aliphatic carbocycles. The number of hydrogen-bond donors (Lipinski definition) is 0. The largest absolute Gasteiger partial charge is 0.493 e. The fourth-order valence-electron chi connectivity index (χ4n) is 4.27. The molecule has 2 aromatic carbocycles. The quantitative estimate of drug-likeness (QED) is 0.207. The maximum absolute atomic E-state index is 6.56. The molecule has 1 heterocycles. The van der Waals surface area contributed by atoms with Crippen molar-refractivity contribution in [3.63, 3.8) is 0 Å². The summed E-state index contributed by atoms with van der Waals surface area (Å²) in [4.78, 5) is 0. The molecule has 0 radical (unpaired) electrons. The van der Waals surface area contributed by atoms with Gasteiger partial charge in [-0.3, -0.25) is 0 Å². The van der Waals surface area contributed by atoms with Crippen molar-refractivity contribution in [2.24, 2.45) is 0 Å². The fourth-order valence-corrected chi connectivity index (χ4v) is 6.55. The van der Waals surface area contributed by atoms with E-state index in [2.05, 4.69) is 58.9 Å². The highest BCUT2D eigenvalue weighted by molar-refractivity contribution is 7.57. The first-order chi connectivity index (χ1) is 16.1. The van der Waals surface area contributed by atoms with Gasteiger partial charge in [0, 0.05) is 18.0 Å². The van der Waals surface area contributed by atoms with Crippen LogP contribution in [0.4, 0.5) is 0 Å². The zero-order chi connectivity index (χ0) is 23.6. The van der Waals surface area contributed by atoms with Gasteiger partial charge in [-0.1, -0.05) is 59.3 Å². The Labute approximate surface area is 201 Å². The average Bonchev–Trinajstić information content (AvgIpc) is 3.08. The smallest absolute Gasteiger partial charge is 0.122 e. The Kier molecular flexibility index (Phi) is 10.4. The Morgan fingerprint density at radius 3 is 1.42 bits per heavy atom. The molecule has 0 atom stereocenters. The van der Waals surface area contributed by atoms with Crippen LogP contribution < -0.4 is 14.0 Å². The van der Waals surface area contributed by atoms with E-state index in [1.54, 1.807) is 0 Å². The van der Waals surface area contributed by atoms with Crippen molar-refractivity contribution in [3.05, 3.63) is 35.4 Å². The van der Waals surface area contributed by atoms with Gasteiger partial charge in [0.2, 0.25) is 0 Å². The first-order valence-corrected chi connectivity index (χ1v) is 14.3. The highest BCUT2D eigenvalue weighted by Gasteiger charge is 2.17. The number of aryl methyl sites for hydroxylation is 2. The van der Waals surface area contributed by atoms with Gasteiger partial charge >= 0.3 is 0 Å². The van der Waals surface area contributed by atoms with E-state index in [0.717, 1.165) is 50.6 Å². The van der Waals surface area contributed by atoms with Crippen LogP contribution in [0.15, 0.2) is 24.3 Å². The van der Waals surface area contributed by atoms with Gasteiger partial charge in [0.1, 0.15) is 11.5 Å². The first kappa shape index (κ1) is 25.9. The average molecular weight is 471 g/mol. The van der Waals surface area contributed by atoms with E-state index in [1.165, 1.54) is 70.7 Å². The lowest BCUT2D eigenvalue weighted by molar-refractivity contribution is 0.304. The molecule has 0 saturated heterocycles. The van der Waals surface area contributed by atoms with E-state index in [1.807, 2.05) is 0 Å². The minimum absolute atomic E-state index is 0.780. The lowest BCUT2D eigenvalue weighted by Crippen LogP contribution is -1.99. The minimum Gasteiger partial charge on any atom is -0.493 e. The van der Waals surface area contributed by atoms with Crippen LogP contribution in [0.5, 0.6) is 11.5 Å². The summed E-state index contributed by atoms with van der Waals surface area (Å²) < 4.78 is 19.0. The van der Waals surface area contributed by atoms with Crippen molar-refractivity contribution in [1.29, 1.82) is 0 Å². The molecule has 0 aliphatic heterocycles. The summed E-state index contributed by atoms with van der Waals surface area (Å²) in [5.41, 5.74) is 2.41. The molecule has 1 aromatic heterocycles. The second-order valence-corrected chi connectivity index (χ2v) is 11.0. The van der Waals surface area contributed by atoms with E-state index in [4.69, 9.17) is 14.0 Å². The number of unbranched alkanes of at least 4 members (excludes halogenated alkanes) is 6. The first-order valence-electron chi connectivity index (χ1n) is 13.1. The molecular formula is C29H43O3P. The Balaban J connectivity index is 2.00. The van der Waals surface area contributed by atoms with Crippen LogP contribution in [-0.4, -0.2) is 19.8 Å². The molecule has 0 bridgehead atoms. The molecule has 4 heteroatoms. The predicted octanol–water partition coefficient (Wildman–Crippen LogP) is 9.35. The summed E-state index contributed by atoms with van der Waals surface area (Å²) in [5, 5.41) is 5.19. The van der Waals surface area contributed by atoms with E-state index in [-0.39, 0.29) is 0 Å². The minimum atomic E-state index is -0.799. The third-order valence-corrected chi connectivity index (χ3v) is 8.35. The molecular weight excluding hydrogens is 427 g/mol. The van der Waals surface area contributed by atoms with Gasteiger partial charge in [0.25, 0.3) is 0 Å². The second kappa shape index (κ2) is 13.3. The summed E-state index contributed by atoms with van der Waals surface area (Å²) in [6.07, 6.45) is 10.6. The van der Waals surface area contributed by atoms with Crippen molar-refractivity contribution >= 4 is 28.8 Å². The Morgan fingerprint density at radius 2 is 1.00 bits per heavy atom. The molecule has 3 rings (SSSR count). The van der Waals surface area contributed by atoms with Crippen molar-refractivity contribution in [1.82, 2.24) is 0 Å². The SMILES string of the molecule is CCCCCOc1cc2c3cc(OCCCCC)c(C)cc3p(OCCCCC)c2cc1C. The van der Waals surface area contributed by atoms with Crippen LogP contribution in [0.2, 0.25) is 0 Å². The predicted molar refractivity (Wildman–Crippen MR) is 145 cm³/mol. The molecule has 0 N–H and O–H groups in total. The Bertz CT molecular complexity index is 946. The van der Waals surface area contributed by atoms with E-state index in [9.17, 15) is 0 Å². The van der Waals surface area contributed by atoms with Crippen LogP contribution >= 0.6 is 7.76 Å².